The van der Waals surface area contributed by atoms with Gasteiger partial charge in [-0.25, -0.2) is 0 Å². The second-order valence-electron chi connectivity index (χ2n) is 6.33. The van der Waals surface area contributed by atoms with Crippen LogP contribution in [0, 0.1) is 5.92 Å². The van der Waals surface area contributed by atoms with E-state index in [-0.39, 0.29) is 11.8 Å². The van der Waals surface area contributed by atoms with Crippen LogP contribution in [0.3, 0.4) is 0 Å². The molecule has 0 aliphatic heterocycles. The van der Waals surface area contributed by atoms with Gasteiger partial charge in [0.05, 0.1) is 10.6 Å². The number of fused-ring (bicyclic) bond motifs is 1. The molecular weight excluding hydrogens is 346 g/mol. The average Bonchev–Trinajstić information content (AvgIpc) is 3.22. The van der Waals surface area contributed by atoms with Crippen LogP contribution < -0.4 is 5.32 Å². The standard InChI is InChI=1S/C19H15N5OS/c25-19(13-3-4-13)20-14-7-5-12(6-8-14)15-9-10-17-21-22-18(24(17)23-15)16-2-1-11-26-16/h1-2,5-11,13H,3-4H2,(H,20,25). The van der Waals surface area contributed by atoms with Crippen molar-refractivity contribution in [1.29, 1.82) is 0 Å². The predicted molar refractivity (Wildman–Crippen MR) is 101 cm³/mol. The lowest BCUT2D eigenvalue weighted by atomic mass is 10.1. The molecule has 5 rings (SSSR count). The summed E-state index contributed by atoms with van der Waals surface area (Å²) in [6.07, 6.45) is 2.00. The second-order valence-corrected chi connectivity index (χ2v) is 7.28. The van der Waals surface area contributed by atoms with Crippen molar-refractivity contribution in [3.63, 3.8) is 0 Å². The first kappa shape index (κ1) is 15.2. The van der Waals surface area contributed by atoms with Crippen molar-refractivity contribution in [3.05, 3.63) is 53.9 Å². The van der Waals surface area contributed by atoms with Crippen molar-refractivity contribution >= 4 is 28.6 Å². The van der Waals surface area contributed by atoms with Crippen LogP contribution in [0.1, 0.15) is 12.8 Å². The normalized spacial score (nSPS) is 13.8. The van der Waals surface area contributed by atoms with Gasteiger partial charge >= 0.3 is 0 Å². The Balaban J connectivity index is 1.46. The number of rotatable bonds is 4. The molecule has 26 heavy (non-hydrogen) atoms. The Kier molecular flexibility index (Phi) is 3.53. The van der Waals surface area contributed by atoms with Gasteiger partial charge in [-0.05, 0) is 48.6 Å². The lowest BCUT2D eigenvalue weighted by Crippen LogP contribution is -2.13. The summed E-state index contributed by atoms with van der Waals surface area (Å²) in [6.45, 7) is 0. The molecule has 0 saturated heterocycles. The maximum atomic E-state index is 11.9. The Hall–Kier alpha value is -3.06. The number of aromatic nitrogens is 4. The van der Waals surface area contributed by atoms with Crippen molar-refractivity contribution in [2.45, 2.75) is 12.8 Å². The van der Waals surface area contributed by atoms with Gasteiger partial charge in [0.1, 0.15) is 0 Å². The van der Waals surface area contributed by atoms with E-state index in [0.29, 0.717) is 5.65 Å². The minimum atomic E-state index is 0.113. The highest BCUT2D eigenvalue weighted by Crippen LogP contribution is 2.30. The van der Waals surface area contributed by atoms with E-state index in [1.165, 1.54) is 0 Å². The van der Waals surface area contributed by atoms with Gasteiger partial charge in [-0.15, -0.1) is 21.5 Å². The van der Waals surface area contributed by atoms with Gasteiger partial charge in [-0.3, -0.25) is 4.79 Å². The smallest absolute Gasteiger partial charge is 0.227 e. The summed E-state index contributed by atoms with van der Waals surface area (Å²) in [5.41, 5.74) is 3.33. The fourth-order valence-corrected chi connectivity index (χ4v) is 3.51. The summed E-state index contributed by atoms with van der Waals surface area (Å²) in [7, 11) is 0. The summed E-state index contributed by atoms with van der Waals surface area (Å²) in [5.74, 6) is 1.05. The van der Waals surface area contributed by atoms with Gasteiger partial charge in [-0.2, -0.15) is 9.61 Å². The van der Waals surface area contributed by atoms with E-state index in [9.17, 15) is 4.79 Å². The number of anilines is 1. The number of carbonyl (C=O) groups is 1. The lowest BCUT2D eigenvalue weighted by molar-refractivity contribution is -0.117. The van der Waals surface area contributed by atoms with Crippen LogP contribution in [0.2, 0.25) is 0 Å². The van der Waals surface area contributed by atoms with Crippen molar-refractivity contribution in [2.75, 3.05) is 5.32 Å². The first-order valence-electron chi connectivity index (χ1n) is 8.45. The largest absolute Gasteiger partial charge is 0.326 e. The van der Waals surface area contributed by atoms with E-state index in [0.717, 1.165) is 40.5 Å². The minimum Gasteiger partial charge on any atom is -0.326 e. The number of amides is 1. The Morgan fingerprint density at radius 1 is 1.08 bits per heavy atom. The molecule has 1 aliphatic carbocycles. The second kappa shape index (κ2) is 6.03. The molecule has 0 atom stereocenters. The predicted octanol–water partition coefficient (Wildman–Crippen LogP) is 3.87. The van der Waals surface area contributed by atoms with E-state index < -0.39 is 0 Å². The maximum Gasteiger partial charge on any atom is 0.227 e. The average molecular weight is 361 g/mol. The van der Waals surface area contributed by atoms with Crippen molar-refractivity contribution in [1.82, 2.24) is 19.8 Å². The zero-order valence-corrected chi connectivity index (χ0v) is 14.6. The molecule has 1 aromatic carbocycles. The molecule has 0 bridgehead atoms. The van der Waals surface area contributed by atoms with Gasteiger partial charge in [0.2, 0.25) is 5.91 Å². The van der Waals surface area contributed by atoms with Crippen LogP contribution in [0.5, 0.6) is 0 Å². The lowest BCUT2D eigenvalue weighted by Gasteiger charge is -2.06. The highest BCUT2D eigenvalue weighted by Gasteiger charge is 2.29. The van der Waals surface area contributed by atoms with Gasteiger partial charge in [-0.1, -0.05) is 18.2 Å². The van der Waals surface area contributed by atoms with E-state index in [1.54, 1.807) is 15.9 Å². The molecule has 1 saturated carbocycles. The monoisotopic (exact) mass is 361 g/mol. The van der Waals surface area contributed by atoms with Gasteiger partial charge in [0.15, 0.2) is 11.5 Å². The summed E-state index contributed by atoms with van der Waals surface area (Å²) >= 11 is 1.61. The van der Waals surface area contributed by atoms with Crippen LogP contribution >= 0.6 is 11.3 Å². The number of thiophene rings is 1. The number of benzene rings is 1. The van der Waals surface area contributed by atoms with Crippen LogP contribution in [0.15, 0.2) is 53.9 Å². The zero-order chi connectivity index (χ0) is 17.5. The SMILES string of the molecule is O=C(Nc1ccc(-c2ccc3nnc(-c4cccs4)n3n2)cc1)C1CC1. The van der Waals surface area contributed by atoms with Crippen LogP contribution in [-0.4, -0.2) is 25.7 Å². The zero-order valence-electron chi connectivity index (χ0n) is 13.8. The fourth-order valence-electron chi connectivity index (χ4n) is 2.82. The topological polar surface area (TPSA) is 72.2 Å². The molecule has 7 heteroatoms. The number of carbonyl (C=O) groups excluding carboxylic acids is 1. The molecule has 0 spiro atoms. The number of nitrogens with zero attached hydrogens (tertiary/aromatic N) is 4. The van der Waals surface area contributed by atoms with E-state index >= 15 is 0 Å². The van der Waals surface area contributed by atoms with E-state index in [4.69, 9.17) is 5.10 Å². The maximum absolute atomic E-state index is 11.9. The Morgan fingerprint density at radius 3 is 2.65 bits per heavy atom. The molecule has 4 aromatic rings. The minimum absolute atomic E-state index is 0.113. The Bertz CT molecular complexity index is 1080. The molecule has 0 unspecified atom stereocenters. The Morgan fingerprint density at radius 2 is 1.92 bits per heavy atom. The summed E-state index contributed by atoms with van der Waals surface area (Å²) in [4.78, 5) is 12.9. The van der Waals surface area contributed by atoms with Crippen molar-refractivity contribution in [2.24, 2.45) is 5.92 Å². The third-order valence-electron chi connectivity index (χ3n) is 4.40. The van der Waals surface area contributed by atoms with E-state index in [1.807, 2.05) is 53.9 Å². The molecule has 6 nitrogen and oxygen atoms in total. The fraction of sp³-hybridized carbons (Fsp3) is 0.158. The molecular formula is C19H15N5OS. The molecule has 1 amide bonds. The number of hydrogen-bond acceptors (Lipinski definition) is 5. The third-order valence-corrected chi connectivity index (χ3v) is 5.27. The van der Waals surface area contributed by atoms with Gasteiger partial charge in [0.25, 0.3) is 0 Å². The third kappa shape index (κ3) is 2.76. The summed E-state index contributed by atoms with van der Waals surface area (Å²) in [5, 5.41) is 18.1. The van der Waals surface area contributed by atoms with Crippen molar-refractivity contribution < 1.29 is 4.79 Å². The first-order chi connectivity index (χ1) is 12.8. The van der Waals surface area contributed by atoms with E-state index in [2.05, 4.69) is 15.5 Å². The first-order valence-corrected chi connectivity index (χ1v) is 9.33. The molecule has 128 valence electrons. The van der Waals surface area contributed by atoms with Crippen molar-refractivity contribution in [3.8, 4) is 22.0 Å². The van der Waals surface area contributed by atoms with Crippen LogP contribution in [-0.2, 0) is 4.79 Å². The molecule has 1 fully saturated rings. The highest BCUT2D eigenvalue weighted by molar-refractivity contribution is 7.13. The van der Waals surface area contributed by atoms with Crippen LogP contribution in [0.25, 0.3) is 27.6 Å². The molecule has 1 aliphatic rings. The quantitative estimate of drug-likeness (QED) is 0.599. The van der Waals surface area contributed by atoms with Gasteiger partial charge < -0.3 is 5.32 Å². The van der Waals surface area contributed by atoms with Crippen LogP contribution in [0.4, 0.5) is 5.69 Å². The molecule has 0 radical (unpaired) electrons. The molecule has 1 N–H and O–H groups in total. The summed E-state index contributed by atoms with van der Waals surface area (Å²) in [6, 6.07) is 15.6. The highest BCUT2D eigenvalue weighted by atomic mass is 32.1. The molecule has 3 heterocycles. The summed E-state index contributed by atoms with van der Waals surface area (Å²) < 4.78 is 1.77. The van der Waals surface area contributed by atoms with Gasteiger partial charge in [0, 0.05) is 17.2 Å². The number of hydrogen-bond donors (Lipinski definition) is 1. The Labute approximate surface area is 153 Å². The number of nitrogens with one attached hydrogen (secondary N) is 1. The molecule has 3 aromatic heterocycles.